The summed E-state index contributed by atoms with van der Waals surface area (Å²) in [6.45, 7) is 7.16. The molecule has 0 bridgehead atoms. The monoisotopic (exact) mass is 547 g/mol. The van der Waals surface area contributed by atoms with Crippen LogP contribution in [0.4, 0.5) is 0 Å². The molecule has 0 spiro atoms. The van der Waals surface area contributed by atoms with Crippen LogP contribution in [0.5, 0.6) is 0 Å². The normalized spacial score (nSPS) is 16.1. The highest BCUT2D eigenvalue weighted by atomic mass is 16.6. The summed E-state index contributed by atoms with van der Waals surface area (Å²) in [5.41, 5.74) is 1.52. The number of imide groups is 1. The van der Waals surface area contributed by atoms with E-state index in [-0.39, 0.29) is 24.6 Å². The van der Waals surface area contributed by atoms with E-state index in [1.807, 2.05) is 18.2 Å². The van der Waals surface area contributed by atoms with E-state index >= 15 is 0 Å². The van der Waals surface area contributed by atoms with Crippen molar-refractivity contribution in [2.24, 2.45) is 7.05 Å². The fourth-order valence-corrected chi connectivity index (χ4v) is 4.05. The summed E-state index contributed by atoms with van der Waals surface area (Å²) in [6.07, 6.45) is 3.77. The number of aryl methyl sites for hydroxylation is 1. The minimum atomic E-state index is -0.702. The van der Waals surface area contributed by atoms with Gasteiger partial charge in [0.1, 0.15) is 30.8 Å². The van der Waals surface area contributed by atoms with Crippen LogP contribution >= 0.6 is 0 Å². The maximum Gasteiger partial charge on any atom is 0.344 e. The number of hydrogen-bond acceptors (Lipinski definition) is 9. The Morgan fingerprint density at radius 2 is 1.69 bits per heavy atom. The van der Waals surface area contributed by atoms with E-state index in [1.54, 1.807) is 27.8 Å². The largest absolute Gasteiger partial charge is 0.496 e. The molecular weight excluding hydrogens is 510 g/mol. The third kappa shape index (κ3) is 8.96. The highest BCUT2D eigenvalue weighted by molar-refractivity contribution is 6.00. The fourth-order valence-electron chi connectivity index (χ4n) is 4.05. The molecule has 214 valence electrons. The average Bonchev–Trinajstić information content (AvgIpc) is 3.10. The molecule has 12 nitrogen and oxygen atoms in total. The van der Waals surface area contributed by atoms with Crippen LogP contribution in [0.3, 0.4) is 0 Å². The van der Waals surface area contributed by atoms with Gasteiger partial charge in [-0.05, 0) is 51.3 Å². The van der Waals surface area contributed by atoms with Gasteiger partial charge in [0.25, 0.3) is 0 Å². The topological polar surface area (TPSA) is 136 Å². The lowest BCUT2D eigenvalue weighted by Crippen LogP contribution is -2.44. The van der Waals surface area contributed by atoms with Gasteiger partial charge in [0.15, 0.2) is 6.61 Å². The third-order valence-electron chi connectivity index (χ3n) is 5.80. The number of carbonyl (C=O) groups excluding carboxylic acids is 3. The minimum absolute atomic E-state index is 0.188. The van der Waals surface area contributed by atoms with Crippen LogP contribution in [-0.4, -0.2) is 72.2 Å². The van der Waals surface area contributed by atoms with Crippen molar-refractivity contribution in [2.75, 3.05) is 39.6 Å². The van der Waals surface area contributed by atoms with Crippen LogP contribution in [0.15, 0.2) is 35.5 Å². The molecule has 1 N–H and O–H groups in total. The van der Waals surface area contributed by atoms with Gasteiger partial charge in [-0.3, -0.25) is 24.0 Å². The van der Waals surface area contributed by atoms with Gasteiger partial charge in [-0.25, -0.2) is 9.59 Å². The third-order valence-corrected chi connectivity index (χ3v) is 5.80. The first-order chi connectivity index (χ1) is 18.6. The Balaban J connectivity index is 1.31. The van der Waals surface area contributed by atoms with Gasteiger partial charge in [-0.15, -0.1) is 0 Å². The smallest absolute Gasteiger partial charge is 0.344 e. The van der Waals surface area contributed by atoms with Gasteiger partial charge in [-0.1, -0.05) is 6.07 Å². The van der Waals surface area contributed by atoms with Crippen LogP contribution in [-0.2, 0) is 51.5 Å². The van der Waals surface area contributed by atoms with Gasteiger partial charge in [0.05, 0.1) is 37.5 Å². The first-order valence-electron chi connectivity index (χ1n) is 12.9. The summed E-state index contributed by atoms with van der Waals surface area (Å²) < 4.78 is 29.4. The number of nitrogens with zero attached hydrogens (tertiary/aromatic N) is 2. The molecule has 1 fully saturated rings. The van der Waals surface area contributed by atoms with Crippen molar-refractivity contribution in [1.29, 1.82) is 0 Å². The molecule has 0 saturated carbocycles. The second-order valence-corrected chi connectivity index (χ2v) is 10.0. The van der Waals surface area contributed by atoms with Crippen molar-refractivity contribution in [3.8, 4) is 0 Å². The number of amides is 2. The molecule has 0 aliphatic carbocycles. The van der Waals surface area contributed by atoms with Gasteiger partial charge < -0.3 is 23.7 Å². The minimum Gasteiger partial charge on any atom is -0.496 e. The molecule has 1 unspecified atom stereocenters. The Kier molecular flexibility index (Phi) is 10.7. The number of imidazole rings is 1. The summed E-state index contributed by atoms with van der Waals surface area (Å²) in [7, 11) is 1.67. The number of fused-ring (bicyclic) bond motifs is 1. The number of rotatable bonds is 14. The Morgan fingerprint density at radius 1 is 1.00 bits per heavy atom. The molecule has 2 aromatic rings. The number of hydrogen-bond donors (Lipinski definition) is 1. The van der Waals surface area contributed by atoms with E-state index in [0.717, 1.165) is 11.1 Å². The lowest BCUT2D eigenvalue weighted by Gasteiger charge is -2.21. The molecule has 1 aromatic carbocycles. The van der Waals surface area contributed by atoms with E-state index in [4.69, 9.17) is 23.7 Å². The van der Waals surface area contributed by atoms with E-state index < -0.39 is 23.5 Å². The van der Waals surface area contributed by atoms with E-state index in [9.17, 15) is 19.2 Å². The quantitative estimate of drug-likeness (QED) is 0.162. The average molecular weight is 548 g/mol. The molecule has 39 heavy (non-hydrogen) atoms. The molecule has 1 aliphatic rings. The van der Waals surface area contributed by atoms with E-state index in [2.05, 4.69) is 5.32 Å². The highest BCUT2D eigenvalue weighted by Gasteiger charge is 2.31. The van der Waals surface area contributed by atoms with Crippen molar-refractivity contribution in [1.82, 2.24) is 14.5 Å². The molecule has 1 atom stereocenters. The zero-order valence-electron chi connectivity index (χ0n) is 22.9. The zero-order valence-corrected chi connectivity index (χ0v) is 22.9. The van der Waals surface area contributed by atoms with Crippen LogP contribution in [0.1, 0.15) is 45.2 Å². The maximum absolute atomic E-state index is 12.9. The summed E-state index contributed by atoms with van der Waals surface area (Å²) in [5.74, 6) is -1.22. The number of ether oxygens (including phenoxy) is 5. The molecule has 1 aliphatic heterocycles. The lowest BCUT2D eigenvalue weighted by molar-refractivity contribution is -0.158. The molecule has 2 heterocycles. The first kappa shape index (κ1) is 29.9. The van der Waals surface area contributed by atoms with Gasteiger partial charge in [0, 0.05) is 13.5 Å². The molecule has 2 amide bonds. The number of esters is 1. The molecule has 1 saturated heterocycles. The maximum atomic E-state index is 12.9. The van der Waals surface area contributed by atoms with Crippen LogP contribution in [0.25, 0.3) is 11.0 Å². The molecule has 1 aromatic heterocycles. The second kappa shape index (κ2) is 13.9. The first-order valence-corrected chi connectivity index (χ1v) is 12.9. The summed E-state index contributed by atoms with van der Waals surface area (Å²) in [5, 5.41) is 2.31. The van der Waals surface area contributed by atoms with Crippen molar-refractivity contribution < 1.29 is 38.1 Å². The van der Waals surface area contributed by atoms with Crippen LogP contribution in [0, 0.1) is 0 Å². The SMILES string of the molecule is Cn1c(=O)n(C2CCC(=O)NC2=O)c2ccc(CCOCCOCCOC=COCC(=O)OC(C)(C)C)cc21. The predicted octanol–water partition coefficient (Wildman–Crippen LogP) is 1.74. The Labute approximate surface area is 226 Å². The van der Waals surface area contributed by atoms with Crippen molar-refractivity contribution in [3.05, 3.63) is 46.8 Å². The zero-order chi connectivity index (χ0) is 28.4. The molecule has 3 rings (SSSR count). The number of aromatic nitrogens is 2. The van der Waals surface area contributed by atoms with Crippen LogP contribution in [0.2, 0.25) is 0 Å². The van der Waals surface area contributed by atoms with Gasteiger partial charge in [-0.2, -0.15) is 0 Å². The number of piperidine rings is 1. The fraction of sp³-hybridized carbons (Fsp3) is 0.556. The Morgan fingerprint density at radius 3 is 2.41 bits per heavy atom. The molecular formula is C27H37N3O9. The number of nitrogens with one attached hydrogen (secondary N) is 1. The number of benzene rings is 1. The van der Waals surface area contributed by atoms with Crippen molar-refractivity contribution >= 4 is 28.8 Å². The highest BCUT2D eigenvalue weighted by Crippen LogP contribution is 2.23. The Bertz CT molecular complexity index is 1240. The van der Waals surface area contributed by atoms with Crippen molar-refractivity contribution in [3.63, 3.8) is 0 Å². The second-order valence-electron chi connectivity index (χ2n) is 10.0. The van der Waals surface area contributed by atoms with Gasteiger partial charge >= 0.3 is 11.7 Å². The summed E-state index contributed by atoms with van der Waals surface area (Å²) in [6, 6.07) is 4.95. The lowest BCUT2D eigenvalue weighted by atomic mass is 10.1. The van der Waals surface area contributed by atoms with E-state index in [0.29, 0.717) is 51.4 Å². The molecule has 12 heteroatoms. The predicted molar refractivity (Wildman–Crippen MR) is 141 cm³/mol. The van der Waals surface area contributed by atoms with Gasteiger partial charge in [0.2, 0.25) is 11.8 Å². The summed E-state index contributed by atoms with van der Waals surface area (Å²) >= 11 is 0. The van der Waals surface area contributed by atoms with E-state index in [1.165, 1.54) is 21.7 Å². The Hall–Kier alpha value is -3.64. The summed E-state index contributed by atoms with van der Waals surface area (Å²) in [4.78, 5) is 48.1. The molecule has 0 radical (unpaired) electrons. The number of carbonyl (C=O) groups is 3. The van der Waals surface area contributed by atoms with Crippen LogP contribution < -0.4 is 11.0 Å². The standard InChI is InChI=1S/C27H37N3O9/c1-27(2,3)39-24(32)18-38-16-15-37-14-13-36-12-11-35-10-9-19-5-6-20-22(17-19)29(4)26(34)30(20)21-7-8-23(31)28-25(21)33/h5-6,15-17,21H,7-14,18H2,1-4H3,(H,28,31,33). The van der Waals surface area contributed by atoms with Crippen molar-refractivity contribution in [2.45, 2.75) is 51.7 Å².